The van der Waals surface area contributed by atoms with Crippen molar-refractivity contribution < 1.29 is 9.47 Å². The number of benzene rings is 3. The zero-order chi connectivity index (χ0) is 21.8. The van der Waals surface area contributed by atoms with Gasteiger partial charge >= 0.3 is 0 Å². The first-order chi connectivity index (χ1) is 15.1. The van der Waals surface area contributed by atoms with Crippen molar-refractivity contribution in [3.05, 3.63) is 84.4 Å². The summed E-state index contributed by atoms with van der Waals surface area (Å²) in [7, 11) is 3.18. The van der Waals surface area contributed by atoms with Gasteiger partial charge in [0.2, 0.25) is 0 Å². The third-order valence-electron chi connectivity index (χ3n) is 5.14. The highest BCUT2D eigenvalue weighted by atomic mass is 16.5. The minimum atomic E-state index is 0.192. The molecule has 0 aliphatic rings. The Morgan fingerprint density at radius 2 is 1.35 bits per heavy atom. The quantitative estimate of drug-likeness (QED) is 0.469. The predicted molar refractivity (Wildman–Crippen MR) is 123 cm³/mol. The maximum Gasteiger partial charge on any atom is 0.161 e. The Labute approximate surface area is 181 Å². The summed E-state index contributed by atoms with van der Waals surface area (Å²) in [5.41, 5.74) is 11.9. The summed E-state index contributed by atoms with van der Waals surface area (Å²) in [6, 6.07) is 27.8. The maximum absolute atomic E-state index is 9.70. The van der Waals surface area contributed by atoms with Gasteiger partial charge in [-0.1, -0.05) is 54.6 Å². The average Bonchev–Trinajstić information content (AvgIpc) is 2.83. The molecule has 4 rings (SSSR count). The van der Waals surface area contributed by atoms with Crippen LogP contribution in [0.5, 0.6) is 11.5 Å². The van der Waals surface area contributed by atoms with Crippen LogP contribution in [0.25, 0.3) is 33.5 Å². The third kappa shape index (κ3) is 3.92. The van der Waals surface area contributed by atoms with E-state index in [-0.39, 0.29) is 5.82 Å². The van der Waals surface area contributed by atoms with Crippen LogP contribution in [0, 0.1) is 11.3 Å². The van der Waals surface area contributed by atoms with Crippen molar-refractivity contribution in [2.75, 3.05) is 20.0 Å². The van der Waals surface area contributed by atoms with Gasteiger partial charge in [0.05, 0.1) is 19.9 Å². The van der Waals surface area contributed by atoms with Gasteiger partial charge in [0.25, 0.3) is 0 Å². The van der Waals surface area contributed by atoms with Crippen LogP contribution in [-0.2, 0) is 0 Å². The molecule has 0 bridgehead atoms. The lowest BCUT2D eigenvalue weighted by Crippen LogP contribution is -2.00. The van der Waals surface area contributed by atoms with E-state index in [0.717, 1.165) is 27.8 Å². The molecule has 0 atom stereocenters. The number of nitriles is 1. The molecule has 0 aliphatic heterocycles. The summed E-state index contributed by atoms with van der Waals surface area (Å²) in [5.74, 6) is 1.42. The number of methoxy groups -OCH3 is 2. The molecule has 0 saturated heterocycles. The highest BCUT2D eigenvalue weighted by molar-refractivity contribution is 5.81. The highest BCUT2D eigenvalue weighted by Gasteiger charge is 2.15. The van der Waals surface area contributed by atoms with Gasteiger partial charge in [-0.3, -0.25) is 0 Å². The lowest BCUT2D eigenvalue weighted by Gasteiger charge is -2.13. The van der Waals surface area contributed by atoms with Crippen molar-refractivity contribution in [1.82, 2.24) is 4.98 Å². The molecule has 0 radical (unpaired) electrons. The molecule has 0 amide bonds. The number of nitrogen functional groups attached to an aromatic ring is 1. The van der Waals surface area contributed by atoms with E-state index in [1.165, 1.54) is 0 Å². The number of nitrogens with zero attached hydrogens (tertiary/aromatic N) is 2. The van der Waals surface area contributed by atoms with Gasteiger partial charge in [0, 0.05) is 11.1 Å². The van der Waals surface area contributed by atoms with Crippen LogP contribution in [0.15, 0.2) is 78.9 Å². The van der Waals surface area contributed by atoms with Crippen LogP contribution in [0.2, 0.25) is 0 Å². The minimum Gasteiger partial charge on any atom is -0.493 e. The Hall–Kier alpha value is -4.30. The molecule has 1 heterocycles. The molecule has 0 saturated carbocycles. The van der Waals surface area contributed by atoms with Crippen molar-refractivity contribution in [1.29, 1.82) is 5.26 Å². The second-order valence-electron chi connectivity index (χ2n) is 6.94. The smallest absolute Gasteiger partial charge is 0.161 e. The van der Waals surface area contributed by atoms with Crippen LogP contribution >= 0.6 is 0 Å². The Bertz CT molecular complexity index is 1260. The fraction of sp³-hybridized carbons (Fsp3) is 0.0769. The summed E-state index contributed by atoms with van der Waals surface area (Å²) >= 11 is 0. The number of hydrogen-bond donors (Lipinski definition) is 1. The van der Waals surface area contributed by atoms with Gasteiger partial charge in [-0.2, -0.15) is 5.26 Å². The third-order valence-corrected chi connectivity index (χ3v) is 5.14. The van der Waals surface area contributed by atoms with Gasteiger partial charge < -0.3 is 15.2 Å². The second kappa shape index (κ2) is 8.60. The van der Waals surface area contributed by atoms with Crippen molar-refractivity contribution in [2.24, 2.45) is 0 Å². The number of hydrogen-bond acceptors (Lipinski definition) is 5. The Morgan fingerprint density at radius 1 is 0.742 bits per heavy atom. The summed E-state index contributed by atoms with van der Waals surface area (Å²) in [5, 5.41) is 9.70. The number of rotatable bonds is 5. The van der Waals surface area contributed by atoms with Crippen LogP contribution in [-0.4, -0.2) is 19.2 Å². The number of ether oxygens (including phenoxy) is 2. The van der Waals surface area contributed by atoms with Crippen LogP contribution in [0.3, 0.4) is 0 Å². The summed E-state index contributed by atoms with van der Waals surface area (Å²) in [4.78, 5) is 4.46. The zero-order valence-corrected chi connectivity index (χ0v) is 17.3. The van der Waals surface area contributed by atoms with E-state index in [9.17, 15) is 5.26 Å². The van der Waals surface area contributed by atoms with Crippen molar-refractivity contribution in [2.45, 2.75) is 0 Å². The van der Waals surface area contributed by atoms with Crippen LogP contribution in [0.1, 0.15) is 5.56 Å². The molecule has 0 fully saturated rings. The second-order valence-corrected chi connectivity index (χ2v) is 6.94. The van der Waals surface area contributed by atoms with E-state index in [1.807, 2.05) is 66.7 Å². The monoisotopic (exact) mass is 407 g/mol. The summed E-state index contributed by atoms with van der Waals surface area (Å²) in [6.07, 6.45) is 0. The summed E-state index contributed by atoms with van der Waals surface area (Å²) < 4.78 is 10.7. The van der Waals surface area contributed by atoms with Gasteiger partial charge in [-0.05, 0) is 41.0 Å². The topological polar surface area (TPSA) is 81.2 Å². The molecule has 2 N–H and O–H groups in total. The lowest BCUT2D eigenvalue weighted by atomic mass is 9.96. The minimum absolute atomic E-state index is 0.192. The van der Waals surface area contributed by atoms with E-state index in [0.29, 0.717) is 22.8 Å². The van der Waals surface area contributed by atoms with Crippen LogP contribution < -0.4 is 15.2 Å². The molecule has 0 aliphatic carbocycles. The number of anilines is 1. The zero-order valence-electron chi connectivity index (χ0n) is 17.3. The standard InChI is InChI=1S/C26H21N3O2/c1-30-24-13-12-20(14-25(24)31-2)23-15-21(22(16-27)26(28)29-23)19-10-8-18(9-11-19)17-6-4-3-5-7-17/h3-15H,1-2H3,(H2,28,29). The molecule has 0 spiro atoms. The van der Waals surface area contributed by atoms with Gasteiger partial charge in [-0.15, -0.1) is 0 Å². The van der Waals surface area contributed by atoms with E-state index >= 15 is 0 Å². The molecule has 152 valence electrons. The lowest BCUT2D eigenvalue weighted by molar-refractivity contribution is 0.355. The van der Waals surface area contributed by atoms with Crippen molar-refractivity contribution in [3.63, 3.8) is 0 Å². The fourth-order valence-electron chi connectivity index (χ4n) is 3.53. The molecule has 3 aromatic carbocycles. The Kier molecular flexibility index (Phi) is 5.55. The predicted octanol–water partition coefficient (Wildman–Crippen LogP) is 5.55. The molecular weight excluding hydrogens is 386 g/mol. The summed E-state index contributed by atoms with van der Waals surface area (Å²) in [6.45, 7) is 0. The molecule has 5 nitrogen and oxygen atoms in total. The molecular formula is C26H21N3O2. The first-order valence-electron chi connectivity index (χ1n) is 9.73. The molecule has 31 heavy (non-hydrogen) atoms. The molecule has 5 heteroatoms. The Balaban J connectivity index is 1.80. The molecule has 1 aromatic heterocycles. The van der Waals surface area contributed by atoms with Gasteiger partial charge in [0.1, 0.15) is 17.5 Å². The number of aromatic nitrogens is 1. The van der Waals surface area contributed by atoms with Crippen molar-refractivity contribution in [3.8, 4) is 51.1 Å². The molecule has 0 unspecified atom stereocenters. The van der Waals surface area contributed by atoms with Crippen molar-refractivity contribution >= 4 is 5.82 Å². The molecule has 4 aromatic rings. The van der Waals surface area contributed by atoms with Gasteiger partial charge in [0.15, 0.2) is 11.5 Å². The van der Waals surface area contributed by atoms with E-state index in [1.54, 1.807) is 14.2 Å². The Morgan fingerprint density at radius 3 is 2.00 bits per heavy atom. The first kappa shape index (κ1) is 20.0. The normalized spacial score (nSPS) is 10.4. The number of pyridine rings is 1. The van der Waals surface area contributed by atoms with Gasteiger partial charge in [-0.25, -0.2) is 4.98 Å². The van der Waals surface area contributed by atoms with E-state index in [2.05, 4.69) is 23.2 Å². The van der Waals surface area contributed by atoms with E-state index < -0.39 is 0 Å². The number of nitrogens with two attached hydrogens (primary N) is 1. The highest BCUT2D eigenvalue weighted by Crippen LogP contribution is 2.36. The largest absolute Gasteiger partial charge is 0.493 e. The van der Waals surface area contributed by atoms with Crippen LogP contribution in [0.4, 0.5) is 5.82 Å². The van der Waals surface area contributed by atoms with E-state index in [4.69, 9.17) is 15.2 Å². The SMILES string of the molecule is COc1ccc(-c2cc(-c3ccc(-c4ccccc4)cc3)c(C#N)c(N)n2)cc1OC. The average molecular weight is 407 g/mol. The first-order valence-corrected chi connectivity index (χ1v) is 9.73. The fourth-order valence-corrected chi connectivity index (χ4v) is 3.53. The maximum atomic E-state index is 9.70.